The number of nitrogens with zero attached hydrogens (tertiary/aromatic N) is 3. The molecule has 2 aromatic heterocycles. The van der Waals surface area contributed by atoms with Gasteiger partial charge in [0, 0.05) is 18.7 Å². The standard InChI is InChI=1S/C17H19N3O/c1-12-14(19-17-4-2-3-9-20(12)17)7-5-13-6-8-15-16(10-13)21-11-18-15/h6,8,10-11H,2-5,7,9H2,1H3. The molecule has 4 nitrogen and oxygen atoms in total. The minimum atomic E-state index is 0.869. The number of imidazole rings is 1. The van der Waals surface area contributed by atoms with Crippen molar-refractivity contribution in [1.29, 1.82) is 0 Å². The van der Waals surface area contributed by atoms with Crippen LogP contribution in [0.4, 0.5) is 0 Å². The van der Waals surface area contributed by atoms with Gasteiger partial charge in [0.15, 0.2) is 12.0 Å². The molecular weight excluding hydrogens is 262 g/mol. The molecule has 21 heavy (non-hydrogen) atoms. The van der Waals surface area contributed by atoms with Crippen LogP contribution in [0, 0.1) is 6.92 Å². The number of aromatic nitrogens is 3. The Hall–Kier alpha value is -2.10. The summed E-state index contributed by atoms with van der Waals surface area (Å²) in [6.45, 7) is 3.34. The van der Waals surface area contributed by atoms with Crippen LogP contribution >= 0.6 is 0 Å². The van der Waals surface area contributed by atoms with Gasteiger partial charge in [-0.2, -0.15) is 0 Å². The fourth-order valence-electron chi connectivity index (χ4n) is 3.24. The largest absolute Gasteiger partial charge is 0.443 e. The SMILES string of the molecule is Cc1c(CCc2ccc3ncoc3c2)nc2n1CCCC2. The van der Waals surface area contributed by atoms with Crippen LogP contribution in [0.25, 0.3) is 11.1 Å². The second-order valence-electron chi connectivity index (χ2n) is 5.82. The average molecular weight is 281 g/mol. The maximum absolute atomic E-state index is 5.37. The Kier molecular flexibility index (Phi) is 3.02. The lowest BCUT2D eigenvalue weighted by Gasteiger charge is -2.14. The molecule has 0 amide bonds. The van der Waals surface area contributed by atoms with Gasteiger partial charge >= 0.3 is 0 Å². The van der Waals surface area contributed by atoms with E-state index in [2.05, 4.69) is 28.6 Å². The fourth-order valence-corrected chi connectivity index (χ4v) is 3.24. The minimum Gasteiger partial charge on any atom is -0.443 e. The van der Waals surface area contributed by atoms with Crippen molar-refractivity contribution >= 4 is 11.1 Å². The molecule has 108 valence electrons. The quantitative estimate of drug-likeness (QED) is 0.738. The van der Waals surface area contributed by atoms with Crippen LogP contribution in [0.5, 0.6) is 0 Å². The smallest absolute Gasteiger partial charge is 0.181 e. The Balaban J connectivity index is 1.55. The van der Waals surface area contributed by atoms with Gasteiger partial charge in [-0.05, 0) is 50.3 Å². The Bertz CT molecular complexity index is 785. The van der Waals surface area contributed by atoms with Crippen molar-refractivity contribution in [2.24, 2.45) is 0 Å². The number of benzene rings is 1. The van der Waals surface area contributed by atoms with Crippen LogP contribution in [0.2, 0.25) is 0 Å². The van der Waals surface area contributed by atoms with Crippen LogP contribution in [0.3, 0.4) is 0 Å². The first-order valence-corrected chi connectivity index (χ1v) is 7.68. The highest BCUT2D eigenvalue weighted by Gasteiger charge is 2.16. The van der Waals surface area contributed by atoms with Gasteiger partial charge in [-0.3, -0.25) is 0 Å². The third-order valence-electron chi connectivity index (χ3n) is 4.48. The summed E-state index contributed by atoms with van der Waals surface area (Å²) in [5.74, 6) is 1.28. The van der Waals surface area contributed by atoms with Gasteiger partial charge < -0.3 is 8.98 Å². The Labute approximate surface area is 123 Å². The summed E-state index contributed by atoms with van der Waals surface area (Å²) < 4.78 is 7.77. The van der Waals surface area contributed by atoms with Gasteiger partial charge in [0.05, 0.1) is 5.69 Å². The normalized spacial score (nSPS) is 14.5. The monoisotopic (exact) mass is 281 g/mol. The highest BCUT2D eigenvalue weighted by Crippen LogP contribution is 2.21. The molecule has 0 saturated heterocycles. The highest BCUT2D eigenvalue weighted by atomic mass is 16.3. The molecule has 0 aliphatic carbocycles. The van der Waals surface area contributed by atoms with Crippen LogP contribution in [-0.2, 0) is 25.8 Å². The number of rotatable bonds is 3. The number of fused-ring (bicyclic) bond motifs is 2. The van der Waals surface area contributed by atoms with Crippen LogP contribution in [0.1, 0.15) is 35.6 Å². The number of hydrogen-bond acceptors (Lipinski definition) is 3. The zero-order valence-corrected chi connectivity index (χ0v) is 12.3. The Morgan fingerprint density at radius 2 is 2.19 bits per heavy atom. The molecule has 0 spiro atoms. The van der Waals surface area contributed by atoms with Gasteiger partial charge in [0.1, 0.15) is 11.3 Å². The molecule has 0 radical (unpaired) electrons. The van der Waals surface area contributed by atoms with E-state index >= 15 is 0 Å². The second-order valence-corrected chi connectivity index (χ2v) is 5.82. The maximum Gasteiger partial charge on any atom is 0.181 e. The van der Waals surface area contributed by atoms with Crippen molar-refractivity contribution in [2.45, 2.75) is 45.6 Å². The molecule has 4 heteroatoms. The molecule has 0 atom stereocenters. The molecule has 0 saturated carbocycles. The van der Waals surface area contributed by atoms with Crippen molar-refractivity contribution in [3.63, 3.8) is 0 Å². The average Bonchev–Trinajstić information content (AvgIpc) is 3.10. The molecule has 1 aromatic carbocycles. The molecule has 0 unspecified atom stereocenters. The summed E-state index contributed by atoms with van der Waals surface area (Å²) in [5, 5.41) is 0. The van der Waals surface area contributed by atoms with Crippen molar-refractivity contribution in [3.8, 4) is 0 Å². The number of oxazole rings is 1. The summed E-state index contributed by atoms with van der Waals surface area (Å²) in [4.78, 5) is 9.00. The Morgan fingerprint density at radius 1 is 1.24 bits per heavy atom. The van der Waals surface area contributed by atoms with Gasteiger partial charge in [-0.15, -0.1) is 0 Å². The lowest BCUT2D eigenvalue weighted by molar-refractivity contribution is 0.514. The highest BCUT2D eigenvalue weighted by molar-refractivity contribution is 5.72. The maximum atomic E-state index is 5.37. The lowest BCUT2D eigenvalue weighted by atomic mass is 10.1. The third-order valence-corrected chi connectivity index (χ3v) is 4.48. The van der Waals surface area contributed by atoms with Crippen molar-refractivity contribution in [3.05, 3.63) is 47.4 Å². The first kappa shape index (κ1) is 12.6. The number of aryl methyl sites for hydroxylation is 3. The summed E-state index contributed by atoms with van der Waals surface area (Å²) >= 11 is 0. The number of hydrogen-bond donors (Lipinski definition) is 0. The zero-order valence-electron chi connectivity index (χ0n) is 12.3. The van der Waals surface area contributed by atoms with Crippen LogP contribution < -0.4 is 0 Å². The van der Waals surface area contributed by atoms with Crippen molar-refractivity contribution < 1.29 is 4.42 Å². The molecule has 0 bridgehead atoms. The lowest BCUT2D eigenvalue weighted by Crippen LogP contribution is -2.11. The van der Waals surface area contributed by atoms with E-state index in [0.717, 1.165) is 36.9 Å². The van der Waals surface area contributed by atoms with Crippen molar-refractivity contribution in [1.82, 2.24) is 14.5 Å². The van der Waals surface area contributed by atoms with E-state index < -0.39 is 0 Å². The third kappa shape index (κ3) is 2.24. The molecule has 0 N–H and O–H groups in total. The molecule has 0 fully saturated rings. The second kappa shape index (κ2) is 5.02. The fraction of sp³-hybridized carbons (Fsp3) is 0.412. The molecule has 3 heterocycles. The van der Waals surface area contributed by atoms with Gasteiger partial charge in [0.2, 0.25) is 0 Å². The summed E-state index contributed by atoms with van der Waals surface area (Å²) in [6.07, 6.45) is 7.18. The summed E-state index contributed by atoms with van der Waals surface area (Å²) in [5.41, 5.74) is 5.68. The van der Waals surface area contributed by atoms with E-state index in [1.807, 2.05) is 6.07 Å². The van der Waals surface area contributed by atoms with E-state index in [0.29, 0.717) is 0 Å². The molecule has 1 aliphatic rings. The van der Waals surface area contributed by atoms with Gasteiger partial charge in [-0.1, -0.05) is 6.07 Å². The van der Waals surface area contributed by atoms with E-state index in [-0.39, 0.29) is 0 Å². The van der Waals surface area contributed by atoms with Crippen LogP contribution in [0.15, 0.2) is 29.0 Å². The van der Waals surface area contributed by atoms with E-state index in [1.165, 1.54) is 42.0 Å². The van der Waals surface area contributed by atoms with Crippen LogP contribution in [-0.4, -0.2) is 14.5 Å². The Morgan fingerprint density at radius 3 is 3.10 bits per heavy atom. The van der Waals surface area contributed by atoms with E-state index in [9.17, 15) is 0 Å². The minimum absolute atomic E-state index is 0.869. The molecular formula is C17H19N3O. The first-order valence-electron chi connectivity index (χ1n) is 7.68. The van der Waals surface area contributed by atoms with Gasteiger partial charge in [0.25, 0.3) is 0 Å². The predicted octanol–water partition coefficient (Wildman–Crippen LogP) is 3.45. The topological polar surface area (TPSA) is 43.9 Å². The summed E-state index contributed by atoms with van der Waals surface area (Å²) in [6, 6.07) is 6.25. The van der Waals surface area contributed by atoms with E-state index in [4.69, 9.17) is 9.40 Å². The molecule has 3 aromatic rings. The summed E-state index contributed by atoms with van der Waals surface area (Å²) in [7, 11) is 0. The first-order chi connectivity index (χ1) is 10.3. The van der Waals surface area contributed by atoms with Crippen molar-refractivity contribution in [2.75, 3.05) is 0 Å². The molecule has 1 aliphatic heterocycles. The molecule has 4 rings (SSSR count). The predicted molar refractivity (Wildman–Crippen MR) is 81.3 cm³/mol. The van der Waals surface area contributed by atoms with Gasteiger partial charge in [-0.25, -0.2) is 9.97 Å². The zero-order chi connectivity index (χ0) is 14.2. The van der Waals surface area contributed by atoms with E-state index in [1.54, 1.807) is 0 Å².